The molecule has 0 saturated heterocycles. The molecule has 0 amide bonds. The Morgan fingerprint density at radius 1 is 1.30 bits per heavy atom. The number of rotatable bonds is 5. The summed E-state index contributed by atoms with van der Waals surface area (Å²) in [5.74, 6) is -1.68. The minimum Gasteiger partial charge on any atom is -0.478 e. The van der Waals surface area contributed by atoms with Gasteiger partial charge in [-0.15, -0.1) is 0 Å². The van der Waals surface area contributed by atoms with Crippen LogP contribution in [0.25, 0.3) is 0 Å². The number of pyridine rings is 1. The Morgan fingerprint density at radius 2 is 2.10 bits per heavy atom. The van der Waals surface area contributed by atoms with Crippen LogP contribution in [0.4, 0.5) is 10.1 Å². The van der Waals surface area contributed by atoms with E-state index in [0.717, 1.165) is 5.69 Å². The van der Waals surface area contributed by atoms with Crippen LogP contribution in [0.2, 0.25) is 0 Å². The third kappa shape index (κ3) is 2.93. The zero-order valence-electron chi connectivity index (χ0n) is 11.1. The van der Waals surface area contributed by atoms with Crippen molar-refractivity contribution in [3.63, 3.8) is 0 Å². The smallest absolute Gasteiger partial charge is 0.337 e. The molecule has 104 valence electrons. The molecule has 0 unspecified atom stereocenters. The molecule has 1 heterocycles. The third-order valence-electron chi connectivity index (χ3n) is 2.99. The van der Waals surface area contributed by atoms with Gasteiger partial charge in [0.2, 0.25) is 0 Å². The number of carboxylic acid groups (broad SMARTS) is 1. The van der Waals surface area contributed by atoms with Crippen LogP contribution >= 0.6 is 0 Å². The molecule has 0 radical (unpaired) electrons. The monoisotopic (exact) mass is 274 g/mol. The largest absolute Gasteiger partial charge is 0.478 e. The fourth-order valence-corrected chi connectivity index (χ4v) is 2.05. The number of halogens is 1. The Balaban J connectivity index is 2.39. The average molecular weight is 274 g/mol. The van der Waals surface area contributed by atoms with Gasteiger partial charge in [0, 0.05) is 12.7 Å². The molecular weight excluding hydrogens is 259 g/mol. The van der Waals surface area contributed by atoms with E-state index in [9.17, 15) is 14.3 Å². The van der Waals surface area contributed by atoms with Gasteiger partial charge in [0.25, 0.3) is 0 Å². The number of aromatic nitrogens is 1. The summed E-state index contributed by atoms with van der Waals surface area (Å²) < 4.78 is 14.0. The lowest BCUT2D eigenvalue weighted by Gasteiger charge is -2.24. The van der Waals surface area contributed by atoms with Crippen LogP contribution in [-0.4, -0.2) is 22.6 Å². The van der Waals surface area contributed by atoms with Crippen molar-refractivity contribution in [1.29, 1.82) is 0 Å². The minimum absolute atomic E-state index is 0.0391. The van der Waals surface area contributed by atoms with Crippen LogP contribution < -0.4 is 4.90 Å². The van der Waals surface area contributed by atoms with E-state index in [4.69, 9.17) is 0 Å². The molecule has 2 rings (SSSR count). The fourth-order valence-electron chi connectivity index (χ4n) is 2.05. The second kappa shape index (κ2) is 6.14. The lowest BCUT2D eigenvalue weighted by molar-refractivity contribution is 0.0697. The Labute approximate surface area is 116 Å². The molecule has 0 spiro atoms. The molecule has 1 aromatic carbocycles. The molecule has 0 saturated carbocycles. The number of carboxylic acids is 1. The van der Waals surface area contributed by atoms with Gasteiger partial charge in [-0.1, -0.05) is 12.1 Å². The number of hydrogen-bond acceptors (Lipinski definition) is 3. The van der Waals surface area contributed by atoms with Gasteiger partial charge in [-0.05, 0) is 31.2 Å². The number of carbonyl (C=O) groups is 1. The van der Waals surface area contributed by atoms with Crippen LogP contribution in [-0.2, 0) is 6.54 Å². The first-order valence-electron chi connectivity index (χ1n) is 6.30. The van der Waals surface area contributed by atoms with Crippen molar-refractivity contribution in [1.82, 2.24) is 4.98 Å². The molecule has 1 aromatic heterocycles. The van der Waals surface area contributed by atoms with Gasteiger partial charge in [0.1, 0.15) is 5.82 Å². The minimum atomic E-state index is -1.14. The van der Waals surface area contributed by atoms with Crippen LogP contribution in [0.5, 0.6) is 0 Å². The highest BCUT2D eigenvalue weighted by atomic mass is 19.1. The Bertz CT molecular complexity index is 602. The van der Waals surface area contributed by atoms with E-state index in [1.54, 1.807) is 17.2 Å². The molecule has 20 heavy (non-hydrogen) atoms. The average Bonchev–Trinajstić information content (AvgIpc) is 2.46. The Hall–Kier alpha value is -2.43. The summed E-state index contributed by atoms with van der Waals surface area (Å²) in [4.78, 5) is 17.1. The van der Waals surface area contributed by atoms with Crippen molar-refractivity contribution in [3.8, 4) is 0 Å². The highest BCUT2D eigenvalue weighted by Gasteiger charge is 2.19. The maximum Gasteiger partial charge on any atom is 0.337 e. The molecule has 0 aliphatic carbocycles. The summed E-state index contributed by atoms with van der Waals surface area (Å²) >= 11 is 0. The summed E-state index contributed by atoms with van der Waals surface area (Å²) in [5, 5.41) is 9.19. The first kappa shape index (κ1) is 14.0. The van der Waals surface area contributed by atoms with E-state index >= 15 is 0 Å². The number of benzene rings is 1. The van der Waals surface area contributed by atoms with Gasteiger partial charge in [-0.2, -0.15) is 0 Å². The number of hydrogen-bond donors (Lipinski definition) is 1. The molecule has 0 bridgehead atoms. The zero-order valence-corrected chi connectivity index (χ0v) is 11.1. The summed E-state index contributed by atoms with van der Waals surface area (Å²) in [7, 11) is 0. The van der Waals surface area contributed by atoms with Crippen molar-refractivity contribution in [2.45, 2.75) is 13.5 Å². The highest BCUT2D eigenvalue weighted by molar-refractivity contribution is 5.94. The molecule has 1 N–H and O–H groups in total. The van der Waals surface area contributed by atoms with Crippen LogP contribution in [0.1, 0.15) is 23.0 Å². The molecule has 0 fully saturated rings. The van der Waals surface area contributed by atoms with Gasteiger partial charge in [-0.25, -0.2) is 9.18 Å². The van der Waals surface area contributed by atoms with E-state index in [1.165, 1.54) is 18.2 Å². The topological polar surface area (TPSA) is 53.4 Å². The predicted octanol–water partition coefficient (Wildman–Crippen LogP) is 2.95. The lowest BCUT2D eigenvalue weighted by atomic mass is 10.1. The van der Waals surface area contributed by atoms with E-state index in [1.807, 2.05) is 19.1 Å². The number of nitrogens with zero attached hydrogens (tertiary/aromatic N) is 2. The van der Waals surface area contributed by atoms with Crippen molar-refractivity contribution in [3.05, 3.63) is 59.7 Å². The molecular formula is C15H15FN2O2. The first-order valence-corrected chi connectivity index (χ1v) is 6.30. The van der Waals surface area contributed by atoms with Gasteiger partial charge in [-0.3, -0.25) is 4.98 Å². The van der Waals surface area contributed by atoms with E-state index < -0.39 is 11.8 Å². The van der Waals surface area contributed by atoms with Crippen LogP contribution in [0, 0.1) is 5.82 Å². The van der Waals surface area contributed by atoms with Gasteiger partial charge >= 0.3 is 5.97 Å². The summed E-state index contributed by atoms with van der Waals surface area (Å²) in [6.07, 6.45) is 1.66. The SMILES string of the molecule is CCN(Cc1ccccn1)c1c(F)cccc1C(=O)O. The maximum absolute atomic E-state index is 14.0. The van der Waals surface area contributed by atoms with Crippen molar-refractivity contribution in [2.75, 3.05) is 11.4 Å². The molecule has 4 nitrogen and oxygen atoms in total. The van der Waals surface area contributed by atoms with Crippen molar-refractivity contribution < 1.29 is 14.3 Å². The Morgan fingerprint density at radius 3 is 2.70 bits per heavy atom. The molecule has 2 aromatic rings. The molecule has 5 heteroatoms. The Kier molecular flexibility index (Phi) is 4.30. The molecule has 0 aliphatic rings. The number of aromatic carboxylic acids is 1. The highest BCUT2D eigenvalue weighted by Crippen LogP contribution is 2.25. The quantitative estimate of drug-likeness (QED) is 0.910. The molecule has 0 atom stereocenters. The second-order valence-corrected chi connectivity index (χ2v) is 4.28. The van der Waals surface area contributed by atoms with Gasteiger partial charge in [0.15, 0.2) is 0 Å². The molecule has 0 aliphatic heterocycles. The van der Waals surface area contributed by atoms with Gasteiger partial charge < -0.3 is 10.0 Å². The van der Waals surface area contributed by atoms with Crippen LogP contribution in [0.3, 0.4) is 0 Å². The van der Waals surface area contributed by atoms with E-state index in [0.29, 0.717) is 13.1 Å². The fraction of sp³-hybridized carbons (Fsp3) is 0.200. The zero-order chi connectivity index (χ0) is 14.5. The standard InChI is InChI=1S/C15H15FN2O2/c1-2-18(10-11-6-3-4-9-17-11)14-12(15(19)20)7-5-8-13(14)16/h3-9H,2,10H2,1H3,(H,19,20). The third-order valence-corrected chi connectivity index (χ3v) is 2.99. The summed E-state index contributed by atoms with van der Waals surface area (Å²) in [5.41, 5.74) is 0.824. The lowest BCUT2D eigenvalue weighted by Crippen LogP contribution is -2.26. The number of anilines is 1. The van der Waals surface area contributed by atoms with E-state index in [-0.39, 0.29) is 11.3 Å². The first-order chi connectivity index (χ1) is 9.63. The van der Waals surface area contributed by atoms with Gasteiger partial charge in [0.05, 0.1) is 23.5 Å². The summed E-state index contributed by atoms with van der Waals surface area (Å²) in [6, 6.07) is 9.53. The van der Waals surface area contributed by atoms with Crippen molar-refractivity contribution in [2.24, 2.45) is 0 Å². The number of para-hydroxylation sites is 1. The van der Waals surface area contributed by atoms with Crippen molar-refractivity contribution >= 4 is 11.7 Å². The van der Waals surface area contributed by atoms with Crippen LogP contribution in [0.15, 0.2) is 42.6 Å². The normalized spacial score (nSPS) is 10.3. The van der Waals surface area contributed by atoms with E-state index in [2.05, 4.69) is 4.98 Å². The maximum atomic E-state index is 14.0. The second-order valence-electron chi connectivity index (χ2n) is 4.28. The summed E-state index contributed by atoms with van der Waals surface area (Å²) in [6.45, 7) is 2.69. The predicted molar refractivity (Wildman–Crippen MR) is 74.3 cm³/mol.